The molecule has 0 aliphatic heterocycles. The third-order valence-corrected chi connectivity index (χ3v) is 3.31. The van der Waals surface area contributed by atoms with E-state index in [4.69, 9.17) is 4.74 Å². The van der Waals surface area contributed by atoms with Crippen LogP contribution >= 0.6 is 0 Å². The lowest BCUT2D eigenvalue weighted by Gasteiger charge is -2.22. The summed E-state index contributed by atoms with van der Waals surface area (Å²) in [5.74, 6) is 1.85. The van der Waals surface area contributed by atoms with Crippen LogP contribution in [0.5, 0.6) is 5.75 Å². The fraction of sp³-hybridized carbons (Fsp3) is 0.353. The van der Waals surface area contributed by atoms with Crippen LogP contribution in [0.15, 0.2) is 41.4 Å². The Hall–Kier alpha value is -2.23. The van der Waals surface area contributed by atoms with Gasteiger partial charge in [-0.05, 0) is 34.5 Å². The van der Waals surface area contributed by atoms with Crippen LogP contribution in [0.2, 0.25) is 0 Å². The van der Waals surface area contributed by atoms with Gasteiger partial charge < -0.3 is 14.5 Å². The third kappa shape index (κ3) is 3.66. The number of nitrogens with zero attached hydrogens (tertiary/aromatic N) is 3. The van der Waals surface area contributed by atoms with E-state index in [0.29, 0.717) is 6.54 Å². The van der Waals surface area contributed by atoms with Gasteiger partial charge in [-0.15, -0.1) is 0 Å². The minimum absolute atomic E-state index is 0.674. The van der Waals surface area contributed by atoms with Gasteiger partial charge in [-0.2, -0.15) is 0 Å². The molecule has 0 fully saturated rings. The Morgan fingerprint density at radius 3 is 2.19 bits per heavy atom. The summed E-state index contributed by atoms with van der Waals surface area (Å²) in [5, 5.41) is 2.39. The van der Waals surface area contributed by atoms with Crippen LogP contribution in [0.1, 0.15) is 5.56 Å². The van der Waals surface area contributed by atoms with Crippen LogP contribution in [-0.2, 0) is 6.54 Å². The highest BCUT2D eigenvalue weighted by Gasteiger charge is 2.04. The molecule has 4 nitrogen and oxygen atoms in total. The maximum Gasteiger partial charge on any atom is 0.195 e. The molecule has 0 N–H and O–H groups in total. The van der Waals surface area contributed by atoms with Gasteiger partial charge in [0.2, 0.25) is 0 Å². The second-order valence-electron chi connectivity index (χ2n) is 5.45. The molecule has 4 heteroatoms. The van der Waals surface area contributed by atoms with Crippen LogP contribution in [-0.4, -0.2) is 51.1 Å². The van der Waals surface area contributed by atoms with Crippen molar-refractivity contribution in [3.63, 3.8) is 0 Å². The average Bonchev–Trinajstić information content (AvgIpc) is 2.46. The zero-order valence-electron chi connectivity index (χ0n) is 13.4. The molecular weight excluding hydrogens is 262 g/mol. The van der Waals surface area contributed by atoms with E-state index in [0.717, 1.165) is 11.7 Å². The van der Waals surface area contributed by atoms with Gasteiger partial charge >= 0.3 is 0 Å². The first-order valence-corrected chi connectivity index (χ1v) is 6.97. The van der Waals surface area contributed by atoms with Crippen LogP contribution in [0, 0.1) is 0 Å². The first-order chi connectivity index (χ1) is 10.0. The summed E-state index contributed by atoms with van der Waals surface area (Å²) in [6.45, 7) is 0.674. The van der Waals surface area contributed by atoms with E-state index in [9.17, 15) is 0 Å². The lowest BCUT2D eigenvalue weighted by atomic mass is 10.1. The Labute approximate surface area is 126 Å². The fourth-order valence-electron chi connectivity index (χ4n) is 2.34. The maximum atomic E-state index is 5.25. The van der Waals surface area contributed by atoms with Crippen molar-refractivity contribution in [2.75, 3.05) is 35.3 Å². The second kappa shape index (κ2) is 6.48. The number of aliphatic imine (C=N–C) groups is 1. The van der Waals surface area contributed by atoms with Crippen molar-refractivity contribution in [3.05, 3.63) is 42.0 Å². The lowest BCUT2D eigenvalue weighted by Crippen LogP contribution is -2.35. The van der Waals surface area contributed by atoms with Crippen LogP contribution in [0.25, 0.3) is 10.8 Å². The highest BCUT2D eigenvalue weighted by molar-refractivity contribution is 5.84. The van der Waals surface area contributed by atoms with Gasteiger partial charge in [-0.1, -0.05) is 18.2 Å². The molecule has 0 atom stereocenters. The SMILES string of the molecule is COc1ccc2cc(CN=C(N(C)C)N(C)C)ccc2c1. The van der Waals surface area contributed by atoms with Crippen molar-refractivity contribution in [1.82, 2.24) is 9.80 Å². The van der Waals surface area contributed by atoms with Crippen molar-refractivity contribution in [3.8, 4) is 5.75 Å². The first kappa shape index (κ1) is 15.2. The van der Waals surface area contributed by atoms with Crippen molar-refractivity contribution < 1.29 is 4.74 Å². The molecule has 0 aliphatic rings. The summed E-state index contributed by atoms with van der Waals surface area (Å²) < 4.78 is 5.25. The van der Waals surface area contributed by atoms with Crippen molar-refractivity contribution in [1.29, 1.82) is 0 Å². The topological polar surface area (TPSA) is 28.1 Å². The Balaban J connectivity index is 2.25. The maximum absolute atomic E-state index is 5.25. The summed E-state index contributed by atoms with van der Waals surface area (Å²) in [4.78, 5) is 8.72. The molecule has 0 spiro atoms. The molecule has 0 aliphatic carbocycles. The van der Waals surface area contributed by atoms with Crippen LogP contribution in [0.3, 0.4) is 0 Å². The summed E-state index contributed by atoms with van der Waals surface area (Å²) >= 11 is 0. The first-order valence-electron chi connectivity index (χ1n) is 6.97. The van der Waals surface area contributed by atoms with Gasteiger partial charge in [-0.25, -0.2) is 4.99 Å². The Bertz CT molecular complexity index is 638. The summed E-state index contributed by atoms with van der Waals surface area (Å²) in [7, 11) is 9.71. The molecular formula is C17H23N3O. The van der Waals surface area contributed by atoms with E-state index < -0.39 is 0 Å². The number of methoxy groups -OCH3 is 1. The average molecular weight is 285 g/mol. The minimum atomic E-state index is 0.674. The molecule has 2 aromatic carbocycles. The Kier molecular flexibility index (Phi) is 4.68. The normalized spacial score (nSPS) is 10.3. The van der Waals surface area contributed by atoms with E-state index in [1.807, 2.05) is 50.1 Å². The molecule has 0 radical (unpaired) electrons. The van der Waals surface area contributed by atoms with Crippen molar-refractivity contribution in [2.24, 2.45) is 4.99 Å². The highest BCUT2D eigenvalue weighted by atomic mass is 16.5. The summed E-state index contributed by atoms with van der Waals surface area (Å²) in [6.07, 6.45) is 0. The smallest absolute Gasteiger partial charge is 0.195 e. The molecule has 0 unspecified atom stereocenters. The predicted octanol–water partition coefficient (Wildman–Crippen LogP) is 2.83. The van der Waals surface area contributed by atoms with Crippen molar-refractivity contribution in [2.45, 2.75) is 6.54 Å². The zero-order valence-corrected chi connectivity index (χ0v) is 13.4. The highest BCUT2D eigenvalue weighted by Crippen LogP contribution is 2.22. The molecule has 21 heavy (non-hydrogen) atoms. The number of benzene rings is 2. The number of guanidine groups is 1. The largest absolute Gasteiger partial charge is 0.497 e. The van der Waals surface area contributed by atoms with E-state index in [1.54, 1.807) is 7.11 Å². The van der Waals surface area contributed by atoms with Crippen LogP contribution in [0.4, 0.5) is 0 Å². The lowest BCUT2D eigenvalue weighted by molar-refractivity contribution is 0.415. The summed E-state index contributed by atoms with van der Waals surface area (Å²) in [5.41, 5.74) is 1.20. The van der Waals surface area contributed by atoms with Gasteiger partial charge in [0.15, 0.2) is 5.96 Å². The number of fused-ring (bicyclic) bond motifs is 1. The molecule has 0 aromatic heterocycles. The second-order valence-corrected chi connectivity index (χ2v) is 5.45. The standard InChI is InChI=1S/C17H23N3O/c1-19(2)17(20(3)4)18-12-13-6-7-15-11-16(21-5)9-8-14(15)10-13/h6-11H,12H2,1-5H3. The number of rotatable bonds is 3. The number of ether oxygens (including phenoxy) is 1. The molecule has 0 heterocycles. The molecule has 2 aromatic rings. The van der Waals surface area contributed by atoms with Gasteiger partial charge in [0.05, 0.1) is 13.7 Å². The quantitative estimate of drug-likeness (QED) is 0.641. The van der Waals surface area contributed by atoms with E-state index >= 15 is 0 Å². The number of hydrogen-bond acceptors (Lipinski definition) is 2. The van der Waals surface area contributed by atoms with Crippen molar-refractivity contribution >= 4 is 16.7 Å². The molecule has 0 saturated carbocycles. The van der Waals surface area contributed by atoms with Crippen LogP contribution < -0.4 is 4.74 Å². The van der Waals surface area contributed by atoms with Gasteiger partial charge in [0, 0.05) is 28.2 Å². The van der Waals surface area contributed by atoms with Gasteiger partial charge in [0.1, 0.15) is 5.75 Å². The van der Waals surface area contributed by atoms with Gasteiger partial charge in [-0.3, -0.25) is 0 Å². The van der Waals surface area contributed by atoms with E-state index in [-0.39, 0.29) is 0 Å². The van der Waals surface area contributed by atoms with E-state index in [2.05, 4.69) is 29.3 Å². The fourth-order valence-corrected chi connectivity index (χ4v) is 2.34. The molecule has 112 valence electrons. The molecule has 2 rings (SSSR count). The van der Waals surface area contributed by atoms with Gasteiger partial charge in [0.25, 0.3) is 0 Å². The minimum Gasteiger partial charge on any atom is -0.497 e. The van der Waals surface area contributed by atoms with E-state index in [1.165, 1.54) is 16.3 Å². The molecule has 0 saturated heterocycles. The predicted molar refractivity (Wildman–Crippen MR) is 89.0 cm³/mol. The Morgan fingerprint density at radius 2 is 1.57 bits per heavy atom. The third-order valence-electron chi connectivity index (χ3n) is 3.31. The summed E-state index contributed by atoms with van der Waals surface area (Å²) in [6, 6.07) is 12.5. The number of hydrogen-bond donors (Lipinski definition) is 0. The monoisotopic (exact) mass is 285 g/mol. The Morgan fingerprint density at radius 1 is 0.952 bits per heavy atom. The molecule has 0 bridgehead atoms. The zero-order chi connectivity index (χ0) is 15.4. The molecule has 0 amide bonds.